The van der Waals surface area contributed by atoms with E-state index in [2.05, 4.69) is 0 Å². The molecule has 2 nitrogen and oxygen atoms in total. The maximum Gasteiger partial charge on any atom is 0.510 e. The second-order valence-electron chi connectivity index (χ2n) is 4.09. The lowest BCUT2D eigenvalue weighted by molar-refractivity contribution is 0.502. The average molecular weight is 263 g/mol. The Morgan fingerprint density at radius 2 is 1.61 bits per heavy atom. The minimum Gasteiger partial charge on any atom is -0.207 e. The summed E-state index contributed by atoms with van der Waals surface area (Å²) in [4.78, 5) is 8.81. The van der Waals surface area contributed by atoms with Crippen molar-refractivity contribution in [3.8, 4) is 0 Å². The Balaban J connectivity index is 2.11. The quantitative estimate of drug-likeness (QED) is 0.855. The highest BCUT2D eigenvalue weighted by molar-refractivity contribution is 7.37. The first kappa shape index (κ1) is 12.9. The average Bonchev–Trinajstić information content (AvgIpc) is 2.34. The molecule has 0 amide bonds. The van der Waals surface area contributed by atoms with Gasteiger partial charge in [-0.25, -0.2) is 4.39 Å². The molecule has 1 unspecified atom stereocenters. The van der Waals surface area contributed by atoms with Crippen LogP contribution in [0.15, 0.2) is 48.5 Å². The third kappa shape index (κ3) is 3.46. The Bertz CT molecular complexity index is 552. The van der Waals surface area contributed by atoms with Crippen LogP contribution >= 0.6 is 8.03 Å². The number of hydrogen-bond acceptors (Lipinski definition) is 1. The first-order valence-electron chi connectivity index (χ1n) is 5.60. The van der Waals surface area contributed by atoms with E-state index in [9.17, 15) is 8.96 Å². The summed E-state index contributed by atoms with van der Waals surface area (Å²) in [5.41, 5.74) is 2.45. The molecule has 1 N–H and O–H groups in total. The lowest BCUT2D eigenvalue weighted by Crippen LogP contribution is -1.92. The number of halogens is 1. The summed E-state index contributed by atoms with van der Waals surface area (Å²) in [6.07, 6.45) is 0.688. The number of hydrogen-bond donors (Lipinski definition) is 1. The summed E-state index contributed by atoms with van der Waals surface area (Å²) in [7, 11) is -2.15. The fraction of sp³-hybridized carbons (Fsp3) is 0.143. The van der Waals surface area contributed by atoms with E-state index in [-0.39, 0.29) is 12.0 Å². The van der Waals surface area contributed by atoms with Gasteiger partial charge in [0.1, 0.15) is 5.82 Å². The Hall–Kier alpha value is -1.57. The molecule has 92 valence electrons. The van der Waals surface area contributed by atoms with Gasteiger partial charge in [0, 0.05) is 12.0 Å². The Morgan fingerprint density at radius 3 is 2.22 bits per heavy atom. The standard InChI is InChI=1S/C14H12FO2P/c15-14-4-2-1-3-13(14)9-11-5-7-12(8-6-11)10-18(16)17/h1-8H,9-10H2/p+1. The maximum absolute atomic E-state index is 13.5. The normalized spacial score (nSPS) is 11.3. The molecule has 0 radical (unpaired) electrons. The number of rotatable bonds is 4. The Kier molecular flexibility index (Phi) is 4.19. The third-order valence-corrected chi connectivity index (χ3v) is 3.33. The van der Waals surface area contributed by atoms with Gasteiger partial charge in [-0.1, -0.05) is 42.5 Å². The summed E-state index contributed by atoms with van der Waals surface area (Å²) in [5.74, 6) is -0.208. The highest BCUT2D eigenvalue weighted by Crippen LogP contribution is 2.22. The summed E-state index contributed by atoms with van der Waals surface area (Å²) in [6, 6.07) is 14.0. The highest BCUT2D eigenvalue weighted by atomic mass is 31.1. The van der Waals surface area contributed by atoms with Crippen molar-refractivity contribution >= 4 is 8.03 Å². The topological polar surface area (TPSA) is 37.3 Å². The minimum absolute atomic E-state index is 0.162. The third-order valence-electron chi connectivity index (χ3n) is 2.69. The molecule has 4 heteroatoms. The van der Waals surface area contributed by atoms with Crippen LogP contribution in [-0.4, -0.2) is 4.89 Å². The molecule has 0 aliphatic heterocycles. The summed E-state index contributed by atoms with van der Waals surface area (Å²) >= 11 is 0. The smallest absolute Gasteiger partial charge is 0.207 e. The van der Waals surface area contributed by atoms with Crippen LogP contribution < -0.4 is 0 Å². The molecule has 0 aliphatic rings. The van der Waals surface area contributed by atoms with Gasteiger partial charge >= 0.3 is 8.03 Å². The molecule has 1 atom stereocenters. The van der Waals surface area contributed by atoms with Gasteiger partial charge < -0.3 is 0 Å². The summed E-state index contributed by atoms with van der Waals surface area (Å²) < 4.78 is 24.1. The molecule has 2 aromatic rings. The highest BCUT2D eigenvalue weighted by Gasteiger charge is 2.11. The zero-order valence-corrected chi connectivity index (χ0v) is 10.6. The molecule has 0 fully saturated rings. The van der Waals surface area contributed by atoms with Crippen LogP contribution in [0.5, 0.6) is 0 Å². The van der Waals surface area contributed by atoms with Crippen LogP contribution in [0, 0.1) is 5.82 Å². The molecular formula is C14H13FO2P+. The molecule has 18 heavy (non-hydrogen) atoms. The van der Waals surface area contributed by atoms with E-state index in [1.807, 2.05) is 18.2 Å². The molecular weight excluding hydrogens is 250 g/mol. The molecule has 0 spiro atoms. The maximum atomic E-state index is 13.5. The van der Waals surface area contributed by atoms with Crippen molar-refractivity contribution in [2.24, 2.45) is 0 Å². The fourth-order valence-electron chi connectivity index (χ4n) is 1.78. The van der Waals surface area contributed by atoms with E-state index in [0.29, 0.717) is 12.0 Å². The monoisotopic (exact) mass is 263 g/mol. The lowest BCUT2D eigenvalue weighted by Gasteiger charge is -2.03. The first-order valence-corrected chi connectivity index (χ1v) is 6.99. The summed E-state index contributed by atoms with van der Waals surface area (Å²) in [6.45, 7) is 0. The van der Waals surface area contributed by atoms with Gasteiger partial charge in [0.2, 0.25) is 6.16 Å². The van der Waals surface area contributed by atoms with Crippen LogP contribution in [0.2, 0.25) is 0 Å². The van der Waals surface area contributed by atoms with Crippen molar-refractivity contribution in [1.29, 1.82) is 0 Å². The van der Waals surface area contributed by atoms with Crippen molar-refractivity contribution in [1.82, 2.24) is 0 Å². The van der Waals surface area contributed by atoms with E-state index in [0.717, 1.165) is 11.1 Å². The van der Waals surface area contributed by atoms with Crippen molar-refractivity contribution in [2.75, 3.05) is 0 Å². The van der Waals surface area contributed by atoms with Crippen molar-refractivity contribution < 1.29 is 13.8 Å². The molecule has 0 aliphatic carbocycles. The zero-order chi connectivity index (χ0) is 13.0. The predicted molar refractivity (Wildman–Crippen MR) is 69.2 cm³/mol. The Morgan fingerprint density at radius 1 is 1.00 bits per heavy atom. The molecule has 0 saturated carbocycles. The molecule has 2 aromatic carbocycles. The first-order chi connectivity index (χ1) is 8.65. The van der Waals surface area contributed by atoms with Crippen molar-refractivity contribution in [3.63, 3.8) is 0 Å². The number of benzene rings is 2. The molecule has 0 heterocycles. The van der Waals surface area contributed by atoms with Crippen LogP contribution in [0.1, 0.15) is 16.7 Å². The van der Waals surface area contributed by atoms with E-state index in [1.54, 1.807) is 24.3 Å². The SMILES string of the molecule is O=[P+](O)Cc1ccc(Cc2ccccc2F)cc1. The summed E-state index contributed by atoms with van der Waals surface area (Å²) in [5, 5.41) is 0. The predicted octanol–water partition coefficient (Wildman–Crippen LogP) is 3.65. The largest absolute Gasteiger partial charge is 0.510 e. The van der Waals surface area contributed by atoms with Gasteiger partial charge in [0.15, 0.2) is 0 Å². The second kappa shape index (κ2) is 5.85. The lowest BCUT2D eigenvalue weighted by atomic mass is 10.0. The van der Waals surface area contributed by atoms with Crippen molar-refractivity contribution in [3.05, 3.63) is 71.0 Å². The van der Waals surface area contributed by atoms with Gasteiger partial charge in [-0.15, -0.1) is 0 Å². The van der Waals surface area contributed by atoms with Gasteiger partial charge in [-0.3, -0.25) is 0 Å². The van der Waals surface area contributed by atoms with Crippen LogP contribution in [0.3, 0.4) is 0 Å². The minimum atomic E-state index is -2.15. The van der Waals surface area contributed by atoms with E-state index < -0.39 is 8.03 Å². The Labute approximate surface area is 106 Å². The van der Waals surface area contributed by atoms with Crippen LogP contribution in [0.4, 0.5) is 4.39 Å². The van der Waals surface area contributed by atoms with Crippen LogP contribution in [0.25, 0.3) is 0 Å². The fourth-order valence-corrected chi connectivity index (χ4v) is 2.30. The molecule has 0 saturated heterocycles. The van der Waals surface area contributed by atoms with Gasteiger partial charge in [-0.05, 0) is 21.8 Å². The molecule has 0 aromatic heterocycles. The van der Waals surface area contributed by atoms with Gasteiger partial charge in [-0.2, -0.15) is 4.89 Å². The molecule has 2 rings (SSSR count). The van der Waals surface area contributed by atoms with E-state index in [4.69, 9.17) is 4.89 Å². The van der Waals surface area contributed by atoms with E-state index >= 15 is 0 Å². The molecule has 0 bridgehead atoms. The van der Waals surface area contributed by atoms with Crippen molar-refractivity contribution in [2.45, 2.75) is 12.6 Å². The zero-order valence-electron chi connectivity index (χ0n) is 9.71. The van der Waals surface area contributed by atoms with Crippen LogP contribution in [-0.2, 0) is 17.1 Å². The second-order valence-corrected chi connectivity index (χ2v) is 5.12. The van der Waals surface area contributed by atoms with E-state index in [1.165, 1.54) is 6.07 Å². The van der Waals surface area contributed by atoms with Gasteiger partial charge in [0.25, 0.3) is 0 Å². The van der Waals surface area contributed by atoms with Gasteiger partial charge in [0.05, 0.1) is 0 Å².